The third-order valence-corrected chi connectivity index (χ3v) is 3.11. The summed E-state index contributed by atoms with van der Waals surface area (Å²) in [6.45, 7) is 2.48. The second kappa shape index (κ2) is 4.97. The Bertz CT molecular complexity index is 537. The second-order valence-corrected chi connectivity index (χ2v) is 4.62. The maximum atomic E-state index is 11.0. The molecule has 0 fully saturated rings. The molecule has 1 aromatic carbocycles. The average molecular weight is 248 g/mol. The molecule has 5 heteroatoms. The van der Waals surface area contributed by atoms with Crippen LogP contribution in [0.4, 0.5) is 5.69 Å². The van der Waals surface area contributed by atoms with E-state index in [4.69, 9.17) is 5.11 Å². The zero-order valence-corrected chi connectivity index (χ0v) is 10.1. The van der Waals surface area contributed by atoms with Gasteiger partial charge in [0, 0.05) is 11.1 Å². The van der Waals surface area contributed by atoms with Crippen LogP contribution in [0.2, 0.25) is 0 Å². The lowest BCUT2D eigenvalue weighted by molar-refractivity contribution is 0.0698. The molecule has 88 valence electrons. The Morgan fingerprint density at radius 2 is 2.24 bits per heavy atom. The lowest BCUT2D eigenvalue weighted by Gasteiger charge is -2.07. The van der Waals surface area contributed by atoms with E-state index in [-0.39, 0.29) is 5.56 Å². The number of aromatic nitrogens is 1. The van der Waals surface area contributed by atoms with E-state index in [9.17, 15) is 4.79 Å². The SMILES string of the molecule is Cc1nc(CNc2ccccc2C(=O)O)cs1. The topological polar surface area (TPSA) is 62.2 Å². The number of benzene rings is 1. The predicted molar refractivity (Wildman–Crippen MR) is 67.6 cm³/mol. The quantitative estimate of drug-likeness (QED) is 0.873. The Morgan fingerprint density at radius 3 is 2.88 bits per heavy atom. The first-order valence-electron chi connectivity index (χ1n) is 5.14. The summed E-state index contributed by atoms with van der Waals surface area (Å²) in [5.41, 5.74) is 1.82. The van der Waals surface area contributed by atoms with Gasteiger partial charge in [-0.1, -0.05) is 12.1 Å². The van der Waals surface area contributed by atoms with Gasteiger partial charge in [0.05, 0.1) is 22.8 Å². The second-order valence-electron chi connectivity index (χ2n) is 3.56. The molecule has 0 saturated heterocycles. The van der Waals surface area contributed by atoms with Gasteiger partial charge < -0.3 is 10.4 Å². The van der Waals surface area contributed by atoms with E-state index in [2.05, 4.69) is 10.3 Å². The maximum absolute atomic E-state index is 11.0. The zero-order chi connectivity index (χ0) is 12.3. The number of rotatable bonds is 4. The fourth-order valence-corrected chi connectivity index (χ4v) is 2.11. The summed E-state index contributed by atoms with van der Waals surface area (Å²) >= 11 is 1.58. The van der Waals surface area contributed by atoms with Crippen LogP contribution in [-0.2, 0) is 6.54 Å². The highest BCUT2D eigenvalue weighted by Gasteiger charge is 2.08. The third-order valence-electron chi connectivity index (χ3n) is 2.28. The molecule has 2 rings (SSSR count). The van der Waals surface area contributed by atoms with Crippen molar-refractivity contribution in [1.82, 2.24) is 4.98 Å². The van der Waals surface area contributed by atoms with Crippen LogP contribution in [0.1, 0.15) is 21.1 Å². The number of hydrogen-bond acceptors (Lipinski definition) is 4. The molecule has 1 heterocycles. The number of thiazole rings is 1. The van der Waals surface area contributed by atoms with Crippen LogP contribution >= 0.6 is 11.3 Å². The van der Waals surface area contributed by atoms with Crippen LogP contribution in [0.15, 0.2) is 29.6 Å². The Labute approximate surface area is 103 Å². The minimum atomic E-state index is -0.928. The van der Waals surface area contributed by atoms with E-state index < -0.39 is 5.97 Å². The van der Waals surface area contributed by atoms with Gasteiger partial charge in [-0.2, -0.15) is 0 Å². The molecule has 0 saturated carbocycles. The van der Waals surface area contributed by atoms with Gasteiger partial charge in [0.1, 0.15) is 0 Å². The van der Waals surface area contributed by atoms with E-state index in [0.29, 0.717) is 12.2 Å². The van der Waals surface area contributed by atoms with Gasteiger partial charge in [-0.3, -0.25) is 0 Å². The number of para-hydroxylation sites is 1. The number of hydrogen-bond donors (Lipinski definition) is 2. The summed E-state index contributed by atoms with van der Waals surface area (Å²) in [5, 5.41) is 15.1. The molecule has 0 radical (unpaired) electrons. The van der Waals surface area contributed by atoms with Gasteiger partial charge in [-0.25, -0.2) is 9.78 Å². The number of anilines is 1. The van der Waals surface area contributed by atoms with Gasteiger partial charge in [0.2, 0.25) is 0 Å². The molecule has 0 atom stereocenters. The van der Waals surface area contributed by atoms with Crippen molar-refractivity contribution < 1.29 is 9.90 Å². The number of carbonyl (C=O) groups is 1. The number of carboxylic acids is 1. The molecule has 17 heavy (non-hydrogen) atoms. The first-order valence-corrected chi connectivity index (χ1v) is 6.02. The normalized spacial score (nSPS) is 10.2. The molecule has 2 aromatic rings. The molecular formula is C12H12N2O2S. The summed E-state index contributed by atoms with van der Waals surface area (Å²) < 4.78 is 0. The Balaban J connectivity index is 2.11. The molecule has 0 unspecified atom stereocenters. The third kappa shape index (κ3) is 2.82. The predicted octanol–water partition coefficient (Wildman–Crippen LogP) is 2.76. The summed E-state index contributed by atoms with van der Waals surface area (Å²) in [7, 11) is 0. The van der Waals surface area contributed by atoms with Crippen molar-refractivity contribution in [2.75, 3.05) is 5.32 Å². The van der Waals surface area contributed by atoms with Gasteiger partial charge in [-0.05, 0) is 19.1 Å². The molecule has 2 N–H and O–H groups in total. The van der Waals surface area contributed by atoms with Crippen molar-refractivity contribution in [1.29, 1.82) is 0 Å². The smallest absolute Gasteiger partial charge is 0.337 e. The summed E-state index contributed by atoms with van der Waals surface area (Å²) in [6, 6.07) is 6.85. The monoisotopic (exact) mass is 248 g/mol. The standard InChI is InChI=1S/C12H12N2O2S/c1-8-14-9(7-17-8)6-13-11-5-3-2-4-10(11)12(15)16/h2-5,7,13H,6H2,1H3,(H,15,16). The van der Waals surface area contributed by atoms with E-state index in [0.717, 1.165) is 10.7 Å². The minimum Gasteiger partial charge on any atom is -0.478 e. The van der Waals surface area contributed by atoms with Crippen molar-refractivity contribution in [2.24, 2.45) is 0 Å². The Morgan fingerprint density at radius 1 is 1.47 bits per heavy atom. The van der Waals surface area contributed by atoms with E-state index in [1.54, 1.807) is 35.6 Å². The van der Waals surface area contributed by atoms with Crippen LogP contribution in [0.25, 0.3) is 0 Å². The number of nitrogens with zero attached hydrogens (tertiary/aromatic N) is 1. The highest BCUT2D eigenvalue weighted by Crippen LogP contribution is 2.16. The Hall–Kier alpha value is -1.88. The van der Waals surface area contributed by atoms with E-state index in [1.165, 1.54) is 0 Å². The molecule has 0 spiro atoms. The minimum absolute atomic E-state index is 0.277. The molecule has 0 bridgehead atoms. The molecule has 0 aliphatic rings. The highest BCUT2D eigenvalue weighted by molar-refractivity contribution is 7.09. The van der Waals surface area contributed by atoms with Gasteiger partial charge in [0.25, 0.3) is 0 Å². The maximum Gasteiger partial charge on any atom is 0.337 e. The zero-order valence-electron chi connectivity index (χ0n) is 9.30. The molecule has 1 aromatic heterocycles. The first-order chi connectivity index (χ1) is 8.16. The van der Waals surface area contributed by atoms with E-state index in [1.807, 2.05) is 12.3 Å². The van der Waals surface area contributed by atoms with Gasteiger partial charge >= 0.3 is 5.97 Å². The van der Waals surface area contributed by atoms with Crippen LogP contribution in [0, 0.1) is 6.92 Å². The average Bonchev–Trinajstić information content (AvgIpc) is 2.73. The Kier molecular flexibility index (Phi) is 3.39. The largest absolute Gasteiger partial charge is 0.478 e. The van der Waals surface area contributed by atoms with Crippen molar-refractivity contribution in [3.63, 3.8) is 0 Å². The van der Waals surface area contributed by atoms with Crippen molar-refractivity contribution in [3.05, 3.63) is 45.9 Å². The van der Waals surface area contributed by atoms with Crippen LogP contribution in [-0.4, -0.2) is 16.1 Å². The van der Waals surface area contributed by atoms with Crippen LogP contribution < -0.4 is 5.32 Å². The molecule has 0 aliphatic carbocycles. The van der Waals surface area contributed by atoms with E-state index >= 15 is 0 Å². The summed E-state index contributed by atoms with van der Waals surface area (Å²) in [4.78, 5) is 15.3. The molecule has 4 nitrogen and oxygen atoms in total. The van der Waals surface area contributed by atoms with Crippen molar-refractivity contribution >= 4 is 23.0 Å². The lowest BCUT2D eigenvalue weighted by atomic mass is 10.2. The van der Waals surface area contributed by atoms with Crippen molar-refractivity contribution in [3.8, 4) is 0 Å². The highest BCUT2D eigenvalue weighted by atomic mass is 32.1. The number of aromatic carboxylic acids is 1. The van der Waals surface area contributed by atoms with Crippen LogP contribution in [0.3, 0.4) is 0 Å². The lowest BCUT2D eigenvalue weighted by Crippen LogP contribution is -2.06. The molecular weight excluding hydrogens is 236 g/mol. The summed E-state index contributed by atoms with van der Waals surface area (Å²) in [6.07, 6.45) is 0. The number of aryl methyl sites for hydroxylation is 1. The fraction of sp³-hybridized carbons (Fsp3) is 0.167. The van der Waals surface area contributed by atoms with Gasteiger partial charge in [0.15, 0.2) is 0 Å². The van der Waals surface area contributed by atoms with Crippen LogP contribution in [0.5, 0.6) is 0 Å². The number of carboxylic acid groups (broad SMARTS) is 1. The number of nitrogens with one attached hydrogen (secondary N) is 1. The first kappa shape index (κ1) is 11.6. The molecule has 0 aliphatic heterocycles. The van der Waals surface area contributed by atoms with Crippen molar-refractivity contribution in [2.45, 2.75) is 13.5 Å². The fourth-order valence-electron chi connectivity index (χ4n) is 1.50. The van der Waals surface area contributed by atoms with Gasteiger partial charge in [-0.15, -0.1) is 11.3 Å². The summed E-state index contributed by atoms with van der Waals surface area (Å²) in [5.74, 6) is -0.928. The molecule has 0 amide bonds.